The summed E-state index contributed by atoms with van der Waals surface area (Å²) < 4.78 is 29.4. The van der Waals surface area contributed by atoms with Crippen LogP contribution in [0.15, 0.2) is 52.2 Å². The summed E-state index contributed by atoms with van der Waals surface area (Å²) >= 11 is 5.67. The predicted octanol–water partition coefficient (Wildman–Crippen LogP) is 0.383. The van der Waals surface area contributed by atoms with E-state index in [1.807, 2.05) is 4.98 Å². The molecule has 1 aromatic carbocycles. The fourth-order valence-corrected chi connectivity index (χ4v) is 5.96. The van der Waals surface area contributed by atoms with Crippen molar-refractivity contribution in [2.24, 2.45) is 0 Å². The van der Waals surface area contributed by atoms with Gasteiger partial charge in [-0.3, -0.25) is 19.1 Å². The molecule has 2 aromatic rings. The first-order valence-electron chi connectivity index (χ1n) is 11.8. The fourth-order valence-electron chi connectivity index (χ4n) is 3.56. The third kappa shape index (κ3) is 7.63. The molecule has 3 rings (SSSR count). The lowest BCUT2D eigenvalue weighted by atomic mass is 10.1. The number of rotatable bonds is 12. The molecule has 6 atom stereocenters. The minimum absolute atomic E-state index is 0.321. The van der Waals surface area contributed by atoms with E-state index in [1.54, 1.807) is 44.2 Å². The lowest BCUT2D eigenvalue weighted by molar-refractivity contribution is -0.273. The van der Waals surface area contributed by atoms with Crippen LogP contribution in [0.1, 0.15) is 27.0 Å². The van der Waals surface area contributed by atoms with E-state index in [9.17, 15) is 24.6 Å². The fraction of sp³-hybridized carbons (Fsp3) is 0.458. The van der Waals surface area contributed by atoms with Crippen molar-refractivity contribution in [3.63, 3.8) is 0 Å². The van der Waals surface area contributed by atoms with Gasteiger partial charge in [0.25, 0.3) is 5.56 Å². The average Bonchev–Trinajstić information content (AvgIpc) is 3.12. The second-order valence-corrected chi connectivity index (χ2v) is 11.9. The van der Waals surface area contributed by atoms with Crippen molar-refractivity contribution in [2.75, 3.05) is 13.2 Å². The number of aromatic amines is 1. The Kier molecular flexibility index (Phi) is 10.2. The molecule has 0 saturated carbocycles. The number of aliphatic hydroxyl groups is 2. The van der Waals surface area contributed by atoms with Crippen LogP contribution in [-0.4, -0.2) is 69.1 Å². The Morgan fingerprint density at radius 1 is 1.28 bits per heavy atom. The van der Waals surface area contributed by atoms with Crippen molar-refractivity contribution in [1.82, 2.24) is 14.6 Å². The Bertz CT molecular complexity index is 1340. The number of hydrogen-bond acceptors (Lipinski definition) is 11. The summed E-state index contributed by atoms with van der Waals surface area (Å²) in [5.41, 5.74) is -1.57. The van der Waals surface area contributed by atoms with Gasteiger partial charge in [-0.15, -0.1) is 6.42 Å². The summed E-state index contributed by atoms with van der Waals surface area (Å²) in [4.78, 5) is 38.3. The molecule has 2 heterocycles. The standard InChI is InChI=1S/C24H30N3O10PS/c1-5-13-33-24(20(30)19(29)21(36-24)27-12-11-18(28)25-23(27)32)14-34-38(39,37-17-9-7-6-8-10-17)26-16(4)22(31)35-15(2)3/h1,6-12,15-16,19-21,29-30H,13-14H2,2-4H3,(H,26,39)(H,25,28,32)/t16-,19-,20+,21-,24-,38?/m1/s1. The average molecular weight is 584 g/mol. The Balaban J connectivity index is 1.91. The van der Waals surface area contributed by atoms with E-state index in [1.165, 1.54) is 6.92 Å². The summed E-state index contributed by atoms with van der Waals surface area (Å²) in [6.07, 6.45) is 1.05. The number of aromatic nitrogens is 2. The zero-order valence-electron chi connectivity index (χ0n) is 21.4. The van der Waals surface area contributed by atoms with Crippen molar-refractivity contribution < 1.29 is 38.3 Å². The minimum Gasteiger partial charge on any atom is -0.462 e. The lowest BCUT2D eigenvalue weighted by Gasteiger charge is -2.34. The molecule has 0 amide bonds. The first-order valence-corrected chi connectivity index (χ1v) is 14.4. The molecule has 0 bridgehead atoms. The summed E-state index contributed by atoms with van der Waals surface area (Å²) in [5, 5.41) is 24.6. The zero-order valence-corrected chi connectivity index (χ0v) is 23.1. The van der Waals surface area contributed by atoms with Gasteiger partial charge in [-0.25, -0.2) is 9.88 Å². The largest absolute Gasteiger partial charge is 0.462 e. The predicted molar refractivity (Wildman–Crippen MR) is 142 cm³/mol. The van der Waals surface area contributed by atoms with Gasteiger partial charge in [0.05, 0.1) is 6.10 Å². The quantitative estimate of drug-likeness (QED) is 0.154. The van der Waals surface area contributed by atoms with Crippen LogP contribution in [0.5, 0.6) is 5.75 Å². The number of ether oxygens (including phenoxy) is 3. The van der Waals surface area contributed by atoms with Gasteiger partial charge in [-0.1, -0.05) is 24.1 Å². The summed E-state index contributed by atoms with van der Waals surface area (Å²) in [5.74, 6) is -0.174. The zero-order chi connectivity index (χ0) is 28.8. The van der Waals surface area contributed by atoms with Crippen LogP contribution in [0, 0.1) is 12.3 Å². The molecule has 15 heteroatoms. The van der Waals surface area contributed by atoms with E-state index in [2.05, 4.69) is 11.0 Å². The lowest BCUT2D eigenvalue weighted by Crippen LogP contribution is -2.50. The molecule has 1 saturated heterocycles. The molecular weight excluding hydrogens is 553 g/mol. The van der Waals surface area contributed by atoms with Gasteiger partial charge in [0.15, 0.2) is 6.23 Å². The Hall–Kier alpha value is -2.86. The van der Waals surface area contributed by atoms with Crippen LogP contribution in [-0.2, 0) is 35.3 Å². The highest BCUT2D eigenvalue weighted by Crippen LogP contribution is 2.48. The van der Waals surface area contributed by atoms with Crippen LogP contribution >= 0.6 is 6.64 Å². The van der Waals surface area contributed by atoms with E-state index >= 15 is 0 Å². The summed E-state index contributed by atoms with van der Waals surface area (Å²) in [6.45, 7) is 0.254. The maximum atomic E-state index is 12.5. The smallest absolute Gasteiger partial charge is 0.330 e. The SMILES string of the molecule is C#CCO[C@]1(COP(=S)(N[C@H](C)C(=O)OC(C)C)Oc2ccccc2)O[C@@H](n2ccc(=O)[nH]c2=O)[C@H](O)[C@@H]1O. The monoisotopic (exact) mass is 583 g/mol. The molecule has 1 aliphatic heterocycles. The van der Waals surface area contributed by atoms with Gasteiger partial charge >= 0.3 is 18.3 Å². The Morgan fingerprint density at radius 2 is 1.97 bits per heavy atom. The molecule has 1 fully saturated rings. The number of esters is 1. The molecule has 0 aliphatic carbocycles. The highest BCUT2D eigenvalue weighted by Gasteiger charge is 2.57. The number of nitrogens with one attached hydrogen (secondary N) is 2. The van der Waals surface area contributed by atoms with Crippen molar-refractivity contribution in [3.05, 3.63) is 63.4 Å². The van der Waals surface area contributed by atoms with E-state index in [0.29, 0.717) is 5.75 Å². The van der Waals surface area contributed by atoms with Crippen molar-refractivity contribution in [1.29, 1.82) is 0 Å². The van der Waals surface area contributed by atoms with Gasteiger partial charge in [-0.05, 0) is 44.7 Å². The van der Waals surface area contributed by atoms with Gasteiger partial charge < -0.3 is 33.5 Å². The number of carbonyl (C=O) groups is 1. The first-order chi connectivity index (χ1) is 18.4. The van der Waals surface area contributed by atoms with Crippen LogP contribution in [0.2, 0.25) is 0 Å². The molecule has 13 nitrogen and oxygen atoms in total. The van der Waals surface area contributed by atoms with Gasteiger partial charge in [-0.2, -0.15) is 0 Å². The summed E-state index contributed by atoms with van der Waals surface area (Å²) in [7, 11) is 0. The number of hydrogen-bond donors (Lipinski definition) is 4. The number of terminal acetylenes is 1. The van der Waals surface area contributed by atoms with E-state index in [0.717, 1.165) is 16.8 Å². The molecule has 212 valence electrons. The molecule has 1 unspecified atom stereocenters. The first kappa shape index (κ1) is 30.7. The van der Waals surface area contributed by atoms with Crippen LogP contribution in [0.25, 0.3) is 0 Å². The topological polar surface area (TPSA) is 171 Å². The highest BCUT2D eigenvalue weighted by atomic mass is 32.5. The molecule has 39 heavy (non-hydrogen) atoms. The molecule has 1 aliphatic rings. The maximum absolute atomic E-state index is 12.5. The van der Waals surface area contributed by atoms with E-state index in [4.69, 9.17) is 41.5 Å². The van der Waals surface area contributed by atoms with Gasteiger partial charge in [0.1, 0.15) is 37.2 Å². The molecule has 4 N–H and O–H groups in total. The van der Waals surface area contributed by atoms with Crippen LogP contribution < -0.4 is 20.9 Å². The Labute approximate surface area is 229 Å². The third-order valence-electron chi connectivity index (χ3n) is 5.37. The second-order valence-electron chi connectivity index (χ2n) is 8.78. The number of H-pyrrole nitrogens is 1. The third-order valence-corrected chi connectivity index (χ3v) is 7.85. The number of benzene rings is 1. The van der Waals surface area contributed by atoms with Crippen LogP contribution in [0.4, 0.5) is 0 Å². The molecule has 0 radical (unpaired) electrons. The molecule has 0 spiro atoms. The van der Waals surface area contributed by atoms with Crippen molar-refractivity contribution in [2.45, 2.75) is 57.1 Å². The van der Waals surface area contributed by atoms with E-state index in [-0.39, 0.29) is 12.7 Å². The number of para-hydroxylation sites is 1. The van der Waals surface area contributed by atoms with Crippen LogP contribution in [0.3, 0.4) is 0 Å². The van der Waals surface area contributed by atoms with Gasteiger partial charge in [0.2, 0.25) is 5.79 Å². The minimum atomic E-state index is -3.61. The normalized spacial score (nSPS) is 25.0. The van der Waals surface area contributed by atoms with E-state index < -0.39 is 60.7 Å². The Morgan fingerprint density at radius 3 is 2.59 bits per heavy atom. The van der Waals surface area contributed by atoms with Gasteiger partial charge in [0, 0.05) is 12.3 Å². The maximum Gasteiger partial charge on any atom is 0.330 e. The second kappa shape index (κ2) is 13.0. The number of aliphatic hydroxyl groups excluding tert-OH is 2. The molecule has 1 aromatic heterocycles. The number of carbonyl (C=O) groups excluding carboxylic acids is 1. The molecular formula is C24H30N3O10PS. The number of nitrogens with zero attached hydrogens (tertiary/aromatic N) is 1. The van der Waals surface area contributed by atoms with Crippen molar-refractivity contribution >= 4 is 24.4 Å². The summed E-state index contributed by atoms with van der Waals surface area (Å²) in [6, 6.07) is 8.49. The highest BCUT2D eigenvalue weighted by molar-refractivity contribution is 8.09. The van der Waals surface area contributed by atoms with Crippen molar-refractivity contribution in [3.8, 4) is 18.1 Å².